The fraction of sp³-hybridized carbons (Fsp3) is 0.143. The number of nitrogen functional groups attached to an aromatic ring is 1. The van der Waals surface area contributed by atoms with Crippen LogP contribution in [0, 0.1) is 17.1 Å². The van der Waals surface area contributed by atoms with Gasteiger partial charge in [-0.15, -0.1) is 0 Å². The van der Waals surface area contributed by atoms with Gasteiger partial charge in [0.05, 0.1) is 5.69 Å². The van der Waals surface area contributed by atoms with Gasteiger partial charge < -0.3 is 10.6 Å². The van der Waals surface area contributed by atoms with Crippen molar-refractivity contribution in [1.82, 2.24) is 4.98 Å². The Hall–Kier alpha value is -2.61. The Morgan fingerprint density at radius 1 is 1.37 bits per heavy atom. The lowest BCUT2D eigenvalue weighted by Crippen LogP contribution is -2.18. The third-order valence-corrected chi connectivity index (χ3v) is 2.73. The van der Waals surface area contributed by atoms with Crippen molar-refractivity contribution in [1.29, 1.82) is 5.26 Å². The zero-order chi connectivity index (χ0) is 13.8. The van der Waals surface area contributed by atoms with Gasteiger partial charge in [-0.2, -0.15) is 5.26 Å². The van der Waals surface area contributed by atoms with Gasteiger partial charge in [0.1, 0.15) is 17.7 Å². The molecule has 0 aliphatic heterocycles. The van der Waals surface area contributed by atoms with Crippen molar-refractivity contribution in [2.45, 2.75) is 6.92 Å². The van der Waals surface area contributed by atoms with Crippen LogP contribution in [0.2, 0.25) is 0 Å². The highest BCUT2D eigenvalue weighted by molar-refractivity contribution is 5.63. The van der Waals surface area contributed by atoms with Crippen molar-refractivity contribution >= 4 is 17.2 Å². The maximum atomic E-state index is 13.3. The molecule has 0 aliphatic rings. The summed E-state index contributed by atoms with van der Waals surface area (Å²) in [6.45, 7) is 2.53. The summed E-state index contributed by atoms with van der Waals surface area (Å²) in [4.78, 5) is 5.99. The van der Waals surface area contributed by atoms with Crippen LogP contribution in [-0.2, 0) is 0 Å². The summed E-state index contributed by atoms with van der Waals surface area (Å²) in [5, 5.41) is 8.94. The summed E-state index contributed by atoms with van der Waals surface area (Å²) < 4.78 is 13.3. The van der Waals surface area contributed by atoms with Crippen molar-refractivity contribution in [2.24, 2.45) is 0 Å². The Balaban J connectivity index is 2.46. The topological polar surface area (TPSA) is 65.9 Å². The normalized spacial score (nSPS) is 9.95. The van der Waals surface area contributed by atoms with Crippen LogP contribution in [0.5, 0.6) is 0 Å². The summed E-state index contributed by atoms with van der Waals surface area (Å²) in [5.74, 6) is 0.255. The minimum atomic E-state index is -0.313. The number of pyridine rings is 1. The van der Waals surface area contributed by atoms with E-state index >= 15 is 0 Å². The predicted molar refractivity (Wildman–Crippen MR) is 72.4 cm³/mol. The maximum absolute atomic E-state index is 13.3. The lowest BCUT2D eigenvalue weighted by molar-refractivity contribution is 0.627. The molecule has 2 rings (SSSR count). The van der Waals surface area contributed by atoms with E-state index in [1.165, 1.54) is 12.1 Å². The molecule has 1 heterocycles. The van der Waals surface area contributed by atoms with Gasteiger partial charge in [-0.1, -0.05) is 6.07 Å². The van der Waals surface area contributed by atoms with E-state index in [1.54, 1.807) is 24.3 Å². The number of benzene rings is 1. The molecule has 0 unspecified atom stereocenters. The highest BCUT2D eigenvalue weighted by Crippen LogP contribution is 2.25. The molecule has 96 valence electrons. The first-order valence-corrected chi connectivity index (χ1v) is 5.85. The fourth-order valence-corrected chi connectivity index (χ4v) is 1.82. The number of nitrogens with zero attached hydrogens (tertiary/aromatic N) is 3. The average molecular weight is 256 g/mol. The average Bonchev–Trinajstić information content (AvgIpc) is 2.41. The molecule has 0 radical (unpaired) electrons. The van der Waals surface area contributed by atoms with Crippen molar-refractivity contribution in [2.75, 3.05) is 17.2 Å². The van der Waals surface area contributed by atoms with E-state index in [2.05, 4.69) is 4.98 Å². The van der Waals surface area contributed by atoms with Gasteiger partial charge in [-0.3, -0.25) is 0 Å². The summed E-state index contributed by atoms with van der Waals surface area (Å²) >= 11 is 0. The van der Waals surface area contributed by atoms with E-state index in [-0.39, 0.29) is 11.5 Å². The van der Waals surface area contributed by atoms with Gasteiger partial charge in [-0.25, -0.2) is 9.37 Å². The van der Waals surface area contributed by atoms with Crippen LogP contribution in [0.3, 0.4) is 0 Å². The third-order valence-electron chi connectivity index (χ3n) is 2.73. The molecule has 0 fully saturated rings. The third kappa shape index (κ3) is 2.63. The van der Waals surface area contributed by atoms with Crippen LogP contribution in [0.15, 0.2) is 36.4 Å². The standard InChI is InChI=1S/C14H13FN4/c1-2-19(11-5-3-4-10(15)8-11)14-7-6-12(17)13(9-16)18-14/h3-8H,2,17H2,1H3. The number of anilines is 3. The largest absolute Gasteiger partial charge is 0.396 e. The van der Waals surface area contributed by atoms with Crippen LogP contribution >= 0.6 is 0 Å². The molecule has 0 saturated heterocycles. The summed E-state index contributed by atoms with van der Waals surface area (Å²) in [6, 6.07) is 11.5. The van der Waals surface area contributed by atoms with Crippen LogP contribution in [0.4, 0.5) is 21.6 Å². The van der Waals surface area contributed by atoms with Gasteiger partial charge in [0.25, 0.3) is 0 Å². The minimum Gasteiger partial charge on any atom is -0.396 e. The molecule has 0 spiro atoms. The number of aromatic nitrogens is 1. The number of nitriles is 1. The molecule has 0 atom stereocenters. The van der Waals surface area contributed by atoms with Crippen LogP contribution in [0.1, 0.15) is 12.6 Å². The van der Waals surface area contributed by atoms with Gasteiger partial charge in [-0.05, 0) is 37.3 Å². The number of nitrogens with two attached hydrogens (primary N) is 1. The van der Waals surface area contributed by atoms with Gasteiger partial charge in [0, 0.05) is 12.2 Å². The van der Waals surface area contributed by atoms with E-state index < -0.39 is 0 Å². The van der Waals surface area contributed by atoms with E-state index in [4.69, 9.17) is 11.0 Å². The van der Waals surface area contributed by atoms with Crippen molar-refractivity contribution in [3.63, 3.8) is 0 Å². The predicted octanol–water partition coefficient (Wildman–Crippen LogP) is 2.83. The van der Waals surface area contributed by atoms with E-state index in [0.29, 0.717) is 23.7 Å². The Bertz CT molecular complexity index is 634. The van der Waals surface area contributed by atoms with E-state index in [0.717, 1.165) is 0 Å². The van der Waals surface area contributed by atoms with Crippen molar-refractivity contribution < 1.29 is 4.39 Å². The first kappa shape index (κ1) is 12.8. The molecule has 4 nitrogen and oxygen atoms in total. The summed E-state index contributed by atoms with van der Waals surface area (Å²) in [5.41, 5.74) is 6.83. The molecule has 5 heteroatoms. The minimum absolute atomic E-state index is 0.173. The van der Waals surface area contributed by atoms with Crippen molar-refractivity contribution in [3.05, 3.63) is 47.9 Å². The van der Waals surface area contributed by atoms with Crippen LogP contribution in [0.25, 0.3) is 0 Å². The Morgan fingerprint density at radius 3 is 2.79 bits per heavy atom. The Labute approximate surface area is 110 Å². The lowest BCUT2D eigenvalue weighted by atomic mass is 10.2. The molecule has 2 N–H and O–H groups in total. The molecule has 1 aromatic carbocycles. The number of halogens is 1. The van der Waals surface area contributed by atoms with Crippen molar-refractivity contribution in [3.8, 4) is 6.07 Å². The summed E-state index contributed by atoms with van der Waals surface area (Å²) in [6.07, 6.45) is 0. The first-order valence-electron chi connectivity index (χ1n) is 5.85. The molecular formula is C14H13FN4. The molecule has 0 bridgehead atoms. The molecule has 0 amide bonds. The zero-order valence-corrected chi connectivity index (χ0v) is 10.5. The first-order chi connectivity index (χ1) is 9.15. The number of hydrogen-bond acceptors (Lipinski definition) is 4. The smallest absolute Gasteiger partial charge is 0.165 e. The van der Waals surface area contributed by atoms with Gasteiger partial charge in [0.2, 0.25) is 0 Å². The monoisotopic (exact) mass is 256 g/mol. The zero-order valence-electron chi connectivity index (χ0n) is 10.5. The molecule has 1 aromatic heterocycles. The quantitative estimate of drug-likeness (QED) is 0.917. The highest BCUT2D eigenvalue weighted by atomic mass is 19.1. The highest BCUT2D eigenvalue weighted by Gasteiger charge is 2.11. The second kappa shape index (κ2) is 5.36. The van der Waals surface area contributed by atoms with Crippen LogP contribution in [-0.4, -0.2) is 11.5 Å². The molecular weight excluding hydrogens is 243 g/mol. The molecule has 19 heavy (non-hydrogen) atoms. The number of rotatable bonds is 3. The van der Waals surface area contributed by atoms with Gasteiger partial charge >= 0.3 is 0 Å². The van der Waals surface area contributed by atoms with E-state index in [1.807, 2.05) is 17.9 Å². The second-order valence-electron chi connectivity index (χ2n) is 3.94. The Kier molecular flexibility index (Phi) is 3.62. The summed E-state index contributed by atoms with van der Waals surface area (Å²) in [7, 11) is 0. The maximum Gasteiger partial charge on any atom is 0.165 e. The Morgan fingerprint density at radius 2 is 2.16 bits per heavy atom. The van der Waals surface area contributed by atoms with E-state index in [9.17, 15) is 4.39 Å². The molecule has 2 aromatic rings. The fourth-order valence-electron chi connectivity index (χ4n) is 1.82. The number of hydrogen-bond donors (Lipinski definition) is 1. The SMILES string of the molecule is CCN(c1cccc(F)c1)c1ccc(N)c(C#N)n1. The van der Waals surface area contributed by atoms with Gasteiger partial charge in [0.15, 0.2) is 5.69 Å². The lowest BCUT2D eigenvalue weighted by Gasteiger charge is -2.22. The van der Waals surface area contributed by atoms with Crippen LogP contribution < -0.4 is 10.6 Å². The molecule has 0 aliphatic carbocycles. The molecule has 0 saturated carbocycles. The second-order valence-corrected chi connectivity index (χ2v) is 3.94.